The highest BCUT2D eigenvalue weighted by Crippen LogP contribution is 2.20. The van der Waals surface area contributed by atoms with Crippen LogP contribution < -0.4 is 10.6 Å². The van der Waals surface area contributed by atoms with Crippen molar-refractivity contribution in [1.82, 2.24) is 0 Å². The van der Waals surface area contributed by atoms with E-state index >= 15 is 0 Å². The molecule has 0 aliphatic carbocycles. The van der Waals surface area contributed by atoms with E-state index < -0.39 is 0 Å². The van der Waals surface area contributed by atoms with Gasteiger partial charge in [0.1, 0.15) is 0 Å². The van der Waals surface area contributed by atoms with Crippen LogP contribution in [0, 0.1) is 18.3 Å². The summed E-state index contributed by atoms with van der Waals surface area (Å²) in [5.41, 5.74) is 4.85. The van der Waals surface area contributed by atoms with Crippen molar-refractivity contribution in [2.75, 3.05) is 10.6 Å². The van der Waals surface area contributed by atoms with Crippen molar-refractivity contribution in [2.45, 2.75) is 6.92 Å². The summed E-state index contributed by atoms with van der Waals surface area (Å²) in [5, 5.41) is 15.0. The molecule has 0 saturated carbocycles. The number of carbonyl (C=O) groups is 1. The highest BCUT2D eigenvalue weighted by Gasteiger charge is 2.06. The molecule has 0 saturated heterocycles. The molecule has 0 radical (unpaired) electrons. The number of benzene rings is 3. The molecular weight excluding hydrogens is 310 g/mol. The molecule has 1 amide bonds. The highest BCUT2D eigenvalue weighted by atomic mass is 16.1. The Balaban J connectivity index is 1.65. The summed E-state index contributed by atoms with van der Waals surface area (Å²) in [4.78, 5) is 12.2. The minimum Gasteiger partial charge on any atom is -0.356 e. The lowest BCUT2D eigenvalue weighted by molar-refractivity contribution is 0.102. The van der Waals surface area contributed by atoms with Crippen molar-refractivity contribution >= 4 is 23.0 Å². The quantitative estimate of drug-likeness (QED) is 0.719. The van der Waals surface area contributed by atoms with Gasteiger partial charge in [-0.05, 0) is 67.6 Å². The van der Waals surface area contributed by atoms with E-state index in [1.165, 1.54) is 0 Å². The standard InChI is InChI=1S/C21H17N3O/c1-15-3-2-4-17(13-15)21(25)24-20-11-9-19(10-12-20)23-18-7-5-16(14-22)6-8-18/h2-13,23H,1H3,(H,24,25). The number of hydrogen-bond donors (Lipinski definition) is 2. The van der Waals surface area contributed by atoms with E-state index in [1.54, 1.807) is 18.2 Å². The van der Waals surface area contributed by atoms with Gasteiger partial charge in [-0.15, -0.1) is 0 Å². The van der Waals surface area contributed by atoms with E-state index in [1.807, 2.05) is 61.5 Å². The number of hydrogen-bond acceptors (Lipinski definition) is 3. The summed E-state index contributed by atoms with van der Waals surface area (Å²) < 4.78 is 0. The highest BCUT2D eigenvalue weighted by molar-refractivity contribution is 6.04. The Morgan fingerprint density at radius 1 is 0.880 bits per heavy atom. The van der Waals surface area contributed by atoms with E-state index in [9.17, 15) is 4.79 Å². The molecule has 3 aromatic rings. The van der Waals surface area contributed by atoms with Gasteiger partial charge in [0.25, 0.3) is 5.91 Å². The van der Waals surface area contributed by atoms with Gasteiger partial charge in [0.15, 0.2) is 0 Å². The smallest absolute Gasteiger partial charge is 0.255 e. The van der Waals surface area contributed by atoms with Gasteiger partial charge in [-0.2, -0.15) is 5.26 Å². The molecule has 0 aliphatic heterocycles. The Bertz CT molecular complexity index is 923. The fraction of sp³-hybridized carbons (Fsp3) is 0.0476. The Labute approximate surface area is 146 Å². The zero-order valence-electron chi connectivity index (χ0n) is 13.8. The molecule has 0 aromatic heterocycles. The number of nitriles is 1. The van der Waals surface area contributed by atoms with Crippen molar-refractivity contribution in [2.24, 2.45) is 0 Å². The van der Waals surface area contributed by atoms with Crippen LogP contribution in [0.2, 0.25) is 0 Å². The Kier molecular flexibility index (Phi) is 4.77. The maximum absolute atomic E-state index is 12.2. The molecule has 0 unspecified atom stereocenters. The van der Waals surface area contributed by atoms with E-state index in [0.717, 1.165) is 22.6 Å². The monoisotopic (exact) mass is 327 g/mol. The first-order valence-electron chi connectivity index (χ1n) is 7.89. The SMILES string of the molecule is Cc1cccc(C(=O)Nc2ccc(Nc3ccc(C#N)cc3)cc2)c1. The van der Waals surface area contributed by atoms with Crippen LogP contribution >= 0.6 is 0 Å². The third-order valence-electron chi connectivity index (χ3n) is 3.73. The zero-order chi connectivity index (χ0) is 17.6. The molecule has 0 aliphatic rings. The van der Waals surface area contributed by atoms with Crippen molar-refractivity contribution in [3.8, 4) is 6.07 Å². The number of aryl methyl sites for hydroxylation is 1. The van der Waals surface area contributed by atoms with Gasteiger partial charge < -0.3 is 10.6 Å². The van der Waals surface area contributed by atoms with Crippen LogP contribution in [0.5, 0.6) is 0 Å². The lowest BCUT2D eigenvalue weighted by Crippen LogP contribution is -2.11. The predicted molar refractivity (Wildman–Crippen MR) is 100 cm³/mol. The van der Waals surface area contributed by atoms with Crippen LogP contribution in [0.3, 0.4) is 0 Å². The minimum absolute atomic E-state index is 0.128. The van der Waals surface area contributed by atoms with Gasteiger partial charge in [-0.1, -0.05) is 17.7 Å². The maximum atomic E-state index is 12.2. The topological polar surface area (TPSA) is 64.9 Å². The molecule has 2 N–H and O–H groups in total. The summed E-state index contributed by atoms with van der Waals surface area (Å²) in [7, 11) is 0. The van der Waals surface area contributed by atoms with Gasteiger partial charge in [0.2, 0.25) is 0 Å². The molecule has 25 heavy (non-hydrogen) atoms. The normalized spacial score (nSPS) is 9.92. The first-order valence-corrected chi connectivity index (χ1v) is 7.89. The first kappa shape index (κ1) is 16.3. The summed E-state index contributed by atoms with van der Waals surface area (Å²) in [5.74, 6) is -0.128. The third kappa shape index (κ3) is 4.24. The van der Waals surface area contributed by atoms with E-state index in [4.69, 9.17) is 5.26 Å². The Morgan fingerprint density at radius 2 is 1.48 bits per heavy atom. The summed E-state index contributed by atoms with van der Waals surface area (Å²) >= 11 is 0. The van der Waals surface area contributed by atoms with Crippen molar-refractivity contribution in [1.29, 1.82) is 5.26 Å². The Morgan fingerprint density at radius 3 is 2.08 bits per heavy atom. The second-order valence-electron chi connectivity index (χ2n) is 5.72. The zero-order valence-corrected chi connectivity index (χ0v) is 13.8. The fourth-order valence-corrected chi connectivity index (χ4v) is 2.42. The molecule has 0 atom stereocenters. The van der Waals surface area contributed by atoms with E-state index in [-0.39, 0.29) is 5.91 Å². The van der Waals surface area contributed by atoms with Crippen LogP contribution in [0.4, 0.5) is 17.1 Å². The maximum Gasteiger partial charge on any atom is 0.255 e. The van der Waals surface area contributed by atoms with Crippen molar-refractivity contribution < 1.29 is 4.79 Å². The van der Waals surface area contributed by atoms with Crippen LogP contribution in [0.15, 0.2) is 72.8 Å². The van der Waals surface area contributed by atoms with Crippen LogP contribution in [0.25, 0.3) is 0 Å². The second-order valence-corrected chi connectivity index (χ2v) is 5.72. The number of nitrogens with zero attached hydrogens (tertiary/aromatic N) is 1. The summed E-state index contributed by atoms with van der Waals surface area (Å²) in [6.07, 6.45) is 0. The molecule has 0 heterocycles. The number of carbonyl (C=O) groups excluding carboxylic acids is 1. The lowest BCUT2D eigenvalue weighted by Gasteiger charge is -2.09. The van der Waals surface area contributed by atoms with Gasteiger partial charge >= 0.3 is 0 Å². The lowest BCUT2D eigenvalue weighted by atomic mass is 10.1. The third-order valence-corrected chi connectivity index (χ3v) is 3.73. The second kappa shape index (κ2) is 7.33. The van der Waals surface area contributed by atoms with Gasteiger partial charge in [-0.25, -0.2) is 0 Å². The van der Waals surface area contributed by atoms with Crippen LogP contribution in [-0.4, -0.2) is 5.91 Å². The summed E-state index contributed by atoms with van der Waals surface area (Å²) in [6, 6.07) is 24.3. The minimum atomic E-state index is -0.128. The molecular formula is C21H17N3O. The van der Waals surface area contributed by atoms with E-state index in [0.29, 0.717) is 11.1 Å². The molecule has 0 spiro atoms. The van der Waals surface area contributed by atoms with Crippen molar-refractivity contribution in [3.63, 3.8) is 0 Å². The van der Waals surface area contributed by atoms with Crippen LogP contribution in [0.1, 0.15) is 21.5 Å². The Hall–Kier alpha value is -3.58. The number of rotatable bonds is 4. The molecule has 0 fully saturated rings. The molecule has 4 nitrogen and oxygen atoms in total. The number of anilines is 3. The first-order chi connectivity index (χ1) is 12.1. The van der Waals surface area contributed by atoms with Gasteiger partial charge in [0.05, 0.1) is 11.6 Å². The van der Waals surface area contributed by atoms with Crippen molar-refractivity contribution in [3.05, 3.63) is 89.5 Å². The average molecular weight is 327 g/mol. The van der Waals surface area contributed by atoms with Crippen LogP contribution in [-0.2, 0) is 0 Å². The number of amides is 1. The fourth-order valence-electron chi connectivity index (χ4n) is 2.42. The average Bonchev–Trinajstić information content (AvgIpc) is 2.64. The largest absolute Gasteiger partial charge is 0.356 e. The molecule has 4 heteroatoms. The summed E-state index contributed by atoms with van der Waals surface area (Å²) in [6.45, 7) is 1.96. The van der Waals surface area contributed by atoms with Gasteiger partial charge in [-0.3, -0.25) is 4.79 Å². The molecule has 3 rings (SSSR count). The molecule has 3 aromatic carbocycles. The number of nitrogens with one attached hydrogen (secondary N) is 2. The predicted octanol–water partition coefficient (Wildman–Crippen LogP) is 4.86. The molecule has 122 valence electrons. The van der Waals surface area contributed by atoms with Gasteiger partial charge in [0, 0.05) is 22.6 Å². The molecule has 0 bridgehead atoms. The van der Waals surface area contributed by atoms with E-state index in [2.05, 4.69) is 16.7 Å².